The maximum atomic E-state index is 8.42. The molecule has 6 heteroatoms. The number of hydrogen-bond donors (Lipinski definition) is 0. The van der Waals surface area contributed by atoms with Crippen molar-refractivity contribution in [2.24, 2.45) is 0 Å². The summed E-state index contributed by atoms with van der Waals surface area (Å²) in [5.74, 6) is 0. The van der Waals surface area contributed by atoms with E-state index in [0.717, 1.165) is 0 Å². The fourth-order valence-corrected chi connectivity index (χ4v) is 0. The van der Waals surface area contributed by atoms with E-state index in [0.29, 0.717) is 0 Å². The fraction of sp³-hybridized carbons (Fsp3) is 0. The van der Waals surface area contributed by atoms with Crippen molar-refractivity contribution in [3.05, 3.63) is 0 Å². The van der Waals surface area contributed by atoms with E-state index in [2.05, 4.69) is 0 Å². The van der Waals surface area contributed by atoms with E-state index < -0.39 is 7.32 Å². The third kappa shape index (κ3) is 58.9. The summed E-state index contributed by atoms with van der Waals surface area (Å²) < 4.78 is 0. The van der Waals surface area contributed by atoms with Gasteiger partial charge in [-0.3, -0.25) is 7.32 Å². The van der Waals surface area contributed by atoms with Gasteiger partial charge in [-0.15, -0.1) is 0 Å². The van der Waals surface area contributed by atoms with Crippen LogP contribution in [0.4, 0.5) is 0 Å². The molecule has 0 rings (SSSR count). The van der Waals surface area contributed by atoms with Crippen LogP contribution in [0.5, 0.6) is 0 Å². The SMILES string of the molecule is [Mn+2].[O-]B([O-])[O-].[Sb+3]. The van der Waals surface area contributed by atoms with Gasteiger partial charge >= 0.3 is 41.5 Å². The summed E-state index contributed by atoms with van der Waals surface area (Å²) in [4.78, 5) is 0. The van der Waals surface area contributed by atoms with Gasteiger partial charge in [-0.25, -0.2) is 0 Å². The van der Waals surface area contributed by atoms with Crippen molar-refractivity contribution in [3.8, 4) is 0 Å². The maximum Gasteiger partial charge on any atom is 3.00 e. The van der Waals surface area contributed by atoms with Crippen LogP contribution in [0.15, 0.2) is 0 Å². The first-order chi connectivity index (χ1) is 1.73. The second-order valence-electron chi connectivity index (χ2n) is 0.289. The Morgan fingerprint density at radius 1 is 1.00 bits per heavy atom. The van der Waals surface area contributed by atoms with Gasteiger partial charge in [0, 0.05) is 0 Å². The summed E-state index contributed by atoms with van der Waals surface area (Å²) in [5.41, 5.74) is 0. The normalized spacial score (nSPS) is 4.50. The second kappa shape index (κ2) is 9.56. The molecule has 0 aliphatic rings. The van der Waals surface area contributed by atoms with Gasteiger partial charge in [0.15, 0.2) is 0 Å². The van der Waals surface area contributed by atoms with Crippen molar-refractivity contribution in [2.45, 2.75) is 0 Å². The van der Waals surface area contributed by atoms with Crippen molar-refractivity contribution in [3.63, 3.8) is 0 Å². The van der Waals surface area contributed by atoms with E-state index in [1.54, 1.807) is 0 Å². The quantitative estimate of drug-likeness (QED) is 0.399. The van der Waals surface area contributed by atoms with Crippen molar-refractivity contribution in [1.29, 1.82) is 0 Å². The minimum absolute atomic E-state index is 0. The van der Waals surface area contributed by atoms with Gasteiger partial charge in [-0.1, -0.05) is 0 Å². The molecule has 0 atom stereocenters. The molecule has 0 spiro atoms. The predicted molar refractivity (Wildman–Crippen MR) is 11.5 cm³/mol. The Hall–Kier alpha value is 1.28. The van der Waals surface area contributed by atoms with Crippen LogP contribution in [0.1, 0.15) is 0 Å². The molecule has 0 saturated carbocycles. The summed E-state index contributed by atoms with van der Waals surface area (Å²) in [5, 5.41) is 25.2. The van der Waals surface area contributed by atoms with Crippen molar-refractivity contribution >= 4 is 31.7 Å². The first kappa shape index (κ1) is 15.7. The first-order valence-electron chi connectivity index (χ1n) is 0.707. The molecule has 3 radical (unpaired) electrons. The molecule has 0 aliphatic heterocycles. The van der Waals surface area contributed by atoms with Gasteiger partial charge < -0.3 is 15.1 Å². The van der Waals surface area contributed by atoms with Crippen molar-refractivity contribution < 1.29 is 32.1 Å². The average molecular weight is 236 g/mol. The zero-order valence-electron chi connectivity index (χ0n) is 2.63. The van der Waals surface area contributed by atoms with Gasteiger partial charge in [0.05, 0.1) is 0 Å². The Balaban J connectivity index is -0.0000000450. The summed E-state index contributed by atoms with van der Waals surface area (Å²) in [7, 11) is -2.92. The summed E-state index contributed by atoms with van der Waals surface area (Å²) in [6.45, 7) is 0. The standard InChI is InChI=1S/BO3.Mn.Sb/c2-1(3)4;;/q-3;+2;+3. The van der Waals surface area contributed by atoms with Crippen molar-refractivity contribution in [2.75, 3.05) is 0 Å². The largest absolute Gasteiger partial charge is 3.00 e. The van der Waals surface area contributed by atoms with E-state index in [9.17, 15) is 0 Å². The van der Waals surface area contributed by atoms with E-state index in [1.807, 2.05) is 0 Å². The molecule has 0 aliphatic carbocycles. The van der Waals surface area contributed by atoms with Gasteiger partial charge in [-0.05, 0) is 0 Å². The van der Waals surface area contributed by atoms with E-state index in [-0.39, 0.29) is 41.5 Å². The zero-order valence-corrected chi connectivity index (χ0v) is 6.36. The van der Waals surface area contributed by atoms with Crippen LogP contribution in [-0.4, -0.2) is 31.7 Å². The maximum absolute atomic E-state index is 8.42. The van der Waals surface area contributed by atoms with Crippen LogP contribution in [0, 0.1) is 0 Å². The minimum Gasteiger partial charge on any atom is -0.907 e. The molecule has 0 saturated heterocycles. The van der Waals surface area contributed by atoms with Crippen LogP contribution in [0.25, 0.3) is 0 Å². The molecule has 31 valence electrons. The van der Waals surface area contributed by atoms with E-state index in [4.69, 9.17) is 15.1 Å². The molecule has 3 nitrogen and oxygen atoms in total. The van der Waals surface area contributed by atoms with Crippen LogP contribution in [-0.2, 0) is 17.1 Å². The van der Waals surface area contributed by atoms with Gasteiger partial charge in [0.2, 0.25) is 0 Å². The van der Waals surface area contributed by atoms with Gasteiger partial charge in [0.1, 0.15) is 0 Å². The molecule has 0 heterocycles. The number of hydrogen-bond acceptors (Lipinski definition) is 3. The van der Waals surface area contributed by atoms with E-state index >= 15 is 0 Å². The minimum atomic E-state index is -2.92. The number of rotatable bonds is 0. The second-order valence-corrected chi connectivity index (χ2v) is 0.289. The predicted octanol–water partition coefficient (Wildman–Crippen LogP) is -4.33. The summed E-state index contributed by atoms with van der Waals surface area (Å²) >= 11 is 0. The Morgan fingerprint density at radius 3 is 1.00 bits per heavy atom. The third-order valence-electron chi connectivity index (χ3n) is 0. The van der Waals surface area contributed by atoms with Crippen LogP contribution < -0.4 is 15.1 Å². The molecule has 0 amide bonds. The molecule has 0 aromatic rings. The Kier molecular flexibility index (Phi) is 25.0. The summed E-state index contributed by atoms with van der Waals surface area (Å²) in [6, 6.07) is 0. The Morgan fingerprint density at radius 2 is 1.00 bits per heavy atom. The molecular formula is BMnO3Sb+2. The molecule has 0 N–H and O–H groups in total. The molecule has 0 unspecified atom stereocenters. The van der Waals surface area contributed by atoms with Crippen molar-refractivity contribution in [1.82, 2.24) is 0 Å². The topological polar surface area (TPSA) is 69.2 Å². The molecule has 0 fully saturated rings. The summed E-state index contributed by atoms with van der Waals surface area (Å²) in [6.07, 6.45) is 0. The molecular weight excluding hydrogens is 236 g/mol. The zero-order chi connectivity index (χ0) is 3.58. The van der Waals surface area contributed by atoms with Crippen LogP contribution in [0.2, 0.25) is 0 Å². The molecule has 0 aromatic heterocycles. The Bertz CT molecular complexity index is 15.5. The van der Waals surface area contributed by atoms with Gasteiger partial charge in [0.25, 0.3) is 0 Å². The third-order valence-corrected chi connectivity index (χ3v) is 0. The fourth-order valence-electron chi connectivity index (χ4n) is 0. The Labute approximate surface area is 63.9 Å². The molecule has 6 heavy (non-hydrogen) atoms. The molecule has 0 bridgehead atoms. The average Bonchev–Trinajstić information content (AvgIpc) is 0.811. The monoisotopic (exact) mass is 235 g/mol. The first-order valence-corrected chi connectivity index (χ1v) is 0.707. The van der Waals surface area contributed by atoms with Crippen LogP contribution >= 0.6 is 0 Å². The smallest absolute Gasteiger partial charge is 0.907 e. The molecule has 0 aromatic carbocycles. The van der Waals surface area contributed by atoms with E-state index in [1.165, 1.54) is 0 Å². The van der Waals surface area contributed by atoms with Crippen LogP contribution in [0.3, 0.4) is 0 Å². The van der Waals surface area contributed by atoms with Gasteiger partial charge in [-0.2, -0.15) is 0 Å².